The maximum atomic E-state index is 13.6. The number of benzene rings is 2. The molecule has 1 heterocycles. The monoisotopic (exact) mass is 584 g/mol. The number of carbonyl (C=O) groups is 2. The second kappa shape index (κ2) is 12.1. The second-order valence-corrected chi connectivity index (χ2v) is 10.7. The molecule has 5 rings (SSSR count). The standard InChI is InChI=1S/C33H36N4O6/c1-18(33(40)36-22-9-7-20-13-14-37(3)27(20)16-22)34-26-12-10-23-24(17-28(26)39)25(35-19(2)38)11-8-21-15-29(41-4)31(42-5)32(43-6)30(21)23/h7,9-10,12-18,25H,8,11H2,1-6H3,(H,34,39)(H,35,38)(H,36,40)/t18-,25+/m0/s1. The fourth-order valence-corrected chi connectivity index (χ4v) is 5.72. The minimum atomic E-state index is -0.726. The van der Waals surface area contributed by atoms with Gasteiger partial charge >= 0.3 is 0 Å². The molecule has 0 aliphatic heterocycles. The van der Waals surface area contributed by atoms with Gasteiger partial charge in [0, 0.05) is 36.9 Å². The third-order valence-corrected chi connectivity index (χ3v) is 7.84. The highest BCUT2D eigenvalue weighted by Crippen LogP contribution is 2.50. The van der Waals surface area contributed by atoms with Gasteiger partial charge < -0.3 is 34.7 Å². The number of hydrogen-bond acceptors (Lipinski definition) is 7. The van der Waals surface area contributed by atoms with Gasteiger partial charge in [-0.1, -0.05) is 12.1 Å². The first-order valence-electron chi connectivity index (χ1n) is 14.0. The van der Waals surface area contributed by atoms with Gasteiger partial charge in [-0.3, -0.25) is 14.4 Å². The fraction of sp³-hybridized carbons (Fsp3) is 0.303. The minimum Gasteiger partial charge on any atom is -0.493 e. The maximum absolute atomic E-state index is 13.6. The van der Waals surface area contributed by atoms with Gasteiger partial charge in [0.1, 0.15) is 6.04 Å². The fourth-order valence-electron chi connectivity index (χ4n) is 5.72. The molecule has 2 atom stereocenters. The van der Waals surface area contributed by atoms with Gasteiger partial charge in [-0.05, 0) is 78.2 Å². The molecule has 43 heavy (non-hydrogen) atoms. The largest absolute Gasteiger partial charge is 0.493 e. The van der Waals surface area contributed by atoms with E-state index in [1.807, 2.05) is 54.2 Å². The van der Waals surface area contributed by atoms with Crippen molar-refractivity contribution in [1.29, 1.82) is 0 Å². The Labute approximate surface area is 250 Å². The molecule has 10 heteroatoms. The summed E-state index contributed by atoms with van der Waals surface area (Å²) in [5.74, 6) is 0.924. The number of fused-ring (bicyclic) bond motifs is 4. The lowest BCUT2D eigenvalue weighted by Gasteiger charge is -2.19. The Morgan fingerprint density at radius 1 is 0.977 bits per heavy atom. The molecule has 0 saturated heterocycles. The van der Waals surface area contributed by atoms with Crippen LogP contribution in [0.25, 0.3) is 22.0 Å². The van der Waals surface area contributed by atoms with Crippen LogP contribution in [-0.4, -0.2) is 43.8 Å². The van der Waals surface area contributed by atoms with Crippen LogP contribution >= 0.6 is 0 Å². The van der Waals surface area contributed by atoms with Crippen molar-refractivity contribution < 1.29 is 23.8 Å². The number of hydrogen-bond donors (Lipinski definition) is 3. The van der Waals surface area contributed by atoms with Crippen LogP contribution in [0, 0.1) is 0 Å². The number of ether oxygens (including phenoxy) is 3. The smallest absolute Gasteiger partial charge is 0.246 e. The number of carbonyl (C=O) groups excluding carboxylic acids is 2. The molecule has 0 fully saturated rings. The highest BCUT2D eigenvalue weighted by molar-refractivity contribution is 5.98. The summed E-state index contributed by atoms with van der Waals surface area (Å²) >= 11 is 0. The zero-order chi connectivity index (χ0) is 30.8. The van der Waals surface area contributed by atoms with Crippen molar-refractivity contribution in [2.24, 2.45) is 7.05 Å². The molecule has 4 aromatic rings. The number of rotatable bonds is 8. The lowest BCUT2D eigenvalue weighted by Crippen LogP contribution is -2.33. The van der Waals surface area contributed by atoms with Crippen molar-refractivity contribution in [3.63, 3.8) is 0 Å². The Morgan fingerprint density at radius 2 is 1.74 bits per heavy atom. The van der Waals surface area contributed by atoms with E-state index >= 15 is 0 Å². The van der Waals surface area contributed by atoms with Gasteiger partial charge in [0.05, 0.1) is 33.1 Å². The molecule has 3 aromatic carbocycles. The van der Waals surface area contributed by atoms with Crippen LogP contribution in [0.15, 0.2) is 59.5 Å². The molecule has 0 bridgehead atoms. The van der Waals surface area contributed by atoms with Gasteiger partial charge in [0.15, 0.2) is 11.5 Å². The van der Waals surface area contributed by atoms with Crippen LogP contribution in [0.1, 0.15) is 37.4 Å². The molecule has 224 valence electrons. The average molecular weight is 585 g/mol. The molecule has 1 aromatic heterocycles. The van der Waals surface area contributed by atoms with Crippen molar-refractivity contribution in [3.8, 4) is 28.4 Å². The predicted octanol–water partition coefficient (Wildman–Crippen LogP) is 4.79. The first-order valence-corrected chi connectivity index (χ1v) is 14.0. The van der Waals surface area contributed by atoms with Crippen LogP contribution in [0.3, 0.4) is 0 Å². The van der Waals surface area contributed by atoms with Crippen LogP contribution in [0.2, 0.25) is 0 Å². The molecule has 0 unspecified atom stereocenters. The molecule has 0 radical (unpaired) electrons. The predicted molar refractivity (Wildman–Crippen MR) is 167 cm³/mol. The quantitative estimate of drug-likeness (QED) is 0.272. The van der Waals surface area contributed by atoms with E-state index in [1.54, 1.807) is 27.2 Å². The average Bonchev–Trinajstić information content (AvgIpc) is 3.19. The highest BCUT2D eigenvalue weighted by Gasteiger charge is 2.29. The van der Waals surface area contributed by atoms with Gasteiger partial charge in [0.25, 0.3) is 0 Å². The number of methoxy groups -OCH3 is 3. The van der Waals surface area contributed by atoms with Crippen LogP contribution in [0.4, 0.5) is 11.4 Å². The molecule has 0 spiro atoms. The van der Waals surface area contributed by atoms with Crippen molar-refractivity contribution in [3.05, 3.63) is 76.1 Å². The number of amides is 2. The topological polar surface area (TPSA) is 120 Å². The Bertz CT molecular complexity index is 1780. The third-order valence-electron chi connectivity index (χ3n) is 7.84. The lowest BCUT2D eigenvalue weighted by atomic mass is 9.95. The zero-order valence-electron chi connectivity index (χ0n) is 25.2. The third kappa shape index (κ3) is 5.73. The van der Waals surface area contributed by atoms with E-state index in [4.69, 9.17) is 14.2 Å². The van der Waals surface area contributed by atoms with Crippen LogP contribution in [0.5, 0.6) is 17.2 Å². The van der Waals surface area contributed by atoms with Gasteiger partial charge in [-0.15, -0.1) is 0 Å². The normalized spacial score (nSPS) is 14.5. The molecule has 1 aliphatic carbocycles. The molecule has 10 nitrogen and oxygen atoms in total. The molecule has 1 aliphatic rings. The molecular weight excluding hydrogens is 548 g/mol. The summed E-state index contributed by atoms with van der Waals surface area (Å²) in [6.07, 6.45) is 3.11. The SMILES string of the molecule is COc1cc2c(c(OC)c1OC)-c1ccc(N[C@@H](C)C(=O)Nc3ccc4ccn(C)c4c3)c(=O)cc1[C@H](NC(C)=O)CC2. The van der Waals surface area contributed by atoms with E-state index in [1.165, 1.54) is 20.1 Å². The van der Waals surface area contributed by atoms with E-state index < -0.39 is 12.1 Å². The van der Waals surface area contributed by atoms with E-state index in [9.17, 15) is 14.4 Å². The molecule has 3 N–H and O–H groups in total. The van der Waals surface area contributed by atoms with Gasteiger partial charge in [-0.2, -0.15) is 0 Å². The summed E-state index contributed by atoms with van der Waals surface area (Å²) in [4.78, 5) is 39.0. The Morgan fingerprint density at radius 3 is 2.44 bits per heavy atom. The van der Waals surface area contributed by atoms with Crippen LogP contribution in [-0.2, 0) is 23.1 Å². The second-order valence-electron chi connectivity index (χ2n) is 10.7. The lowest BCUT2D eigenvalue weighted by molar-refractivity contribution is -0.119. The van der Waals surface area contributed by atoms with E-state index in [2.05, 4.69) is 16.0 Å². The number of nitrogens with one attached hydrogen (secondary N) is 3. The number of nitrogens with zero attached hydrogens (tertiary/aromatic N) is 1. The summed E-state index contributed by atoms with van der Waals surface area (Å²) in [6, 6.07) is 13.5. The summed E-state index contributed by atoms with van der Waals surface area (Å²) in [6.45, 7) is 3.15. The zero-order valence-corrected chi connectivity index (χ0v) is 25.2. The van der Waals surface area contributed by atoms with Crippen molar-refractivity contribution >= 4 is 34.1 Å². The van der Waals surface area contributed by atoms with Gasteiger partial charge in [0.2, 0.25) is 23.0 Å². The Hall–Kier alpha value is -4.99. The number of aromatic nitrogens is 1. The van der Waals surface area contributed by atoms with Crippen molar-refractivity contribution in [1.82, 2.24) is 9.88 Å². The summed E-state index contributed by atoms with van der Waals surface area (Å²) in [7, 11) is 6.60. The number of anilines is 2. The molecular formula is C33H36N4O6. The summed E-state index contributed by atoms with van der Waals surface area (Å²) < 4.78 is 19.1. The summed E-state index contributed by atoms with van der Waals surface area (Å²) in [5.41, 5.74) is 4.63. The first kappa shape index (κ1) is 29.5. The van der Waals surface area contributed by atoms with Crippen LogP contribution < -0.4 is 35.6 Å². The van der Waals surface area contributed by atoms with Crippen molar-refractivity contribution in [2.75, 3.05) is 32.0 Å². The van der Waals surface area contributed by atoms with Gasteiger partial charge in [-0.25, -0.2) is 0 Å². The highest BCUT2D eigenvalue weighted by atomic mass is 16.5. The first-order chi connectivity index (χ1) is 20.6. The van der Waals surface area contributed by atoms with E-state index in [0.717, 1.165) is 22.0 Å². The van der Waals surface area contributed by atoms with E-state index in [0.29, 0.717) is 46.9 Å². The minimum absolute atomic E-state index is 0.208. The number of aryl methyl sites for hydroxylation is 2. The molecule has 0 saturated carbocycles. The molecule has 2 amide bonds. The Kier molecular flexibility index (Phi) is 8.29. The maximum Gasteiger partial charge on any atom is 0.246 e. The Balaban J connectivity index is 1.54. The summed E-state index contributed by atoms with van der Waals surface area (Å²) in [5, 5.41) is 10.1. The van der Waals surface area contributed by atoms with Crippen molar-refractivity contribution in [2.45, 2.75) is 38.8 Å². The van der Waals surface area contributed by atoms with E-state index in [-0.39, 0.29) is 22.9 Å².